The van der Waals surface area contributed by atoms with Crippen molar-refractivity contribution in [3.05, 3.63) is 42.1 Å². The van der Waals surface area contributed by atoms with Crippen LogP contribution in [-0.2, 0) is 16.0 Å². The third-order valence-electron chi connectivity index (χ3n) is 4.73. The summed E-state index contributed by atoms with van der Waals surface area (Å²) in [7, 11) is 0. The molecule has 1 aliphatic heterocycles. The van der Waals surface area contributed by atoms with Crippen LogP contribution in [0.2, 0.25) is 0 Å². The number of benzene rings is 1. The molecule has 1 unspecified atom stereocenters. The fourth-order valence-electron chi connectivity index (χ4n) is 3.42. The number of amides is 1. The number of ether oxygens (including phenoxy) is 1. The lowest BCUT2D eigenvalue weighted by molar-refractivity contribution is -0.148. The highest BCUT2D eigenvalue weighted by Gasteiger charge is 2.47. The molecule has 0 spiro atoms. The molecule has 2 aromatic rings. The second-order valence-corrected chi connectivity index (χ2v) is 7.90. The van der Waals surface area contributed by atoms with Gasteiger partial charge in [-0.25, -0.2) is 4.79 Å². The number of likely N-dealkylation sites (tertiary alicyclic amines) is 1. The number of carboxylic acid groups (broad SMARTS) is 1. The van der Waals surface area contributed by atoms with Gasteiger partial charge in [0.25, 0.3) is 0 Å². The molecule has 1 saturated heterocycles. The van der Waals surface area contributed by atoms with Gasteiger partial charge in [0.2, 0.25) is 0 Å². The van der Waals surface area contributed by atoms with E-state index >= 15 is 0 Å². The van der Waals surface area contributed by atoms with E-state index in [0.29, 0.717) is 19.4 Å². The molecule has 6 heteroatoms. The number of carboxylic acids is 1. The molecule has 6 nitrogen and oxygen atoms in total. The van der Waals surface area contributed by atoms with E-state index in [9.17, 15) is 14.7 Å². The van der Waals surface area contributed by atoms with Crippen LogP contribution in [0.25, 0.3) is 10.9 Å². The van der Waals surface area contributed by atoms with Crippen molar-refractivity contribution in [2.45, 2.75) is 39.2 Å². The number of carbonyl (C=O) groups is 2. The van der Waals surface area contributed by atoms with Crippen molar-refractivity contribution >= 4 is 23.0 Å². The van der Waals surface area contributed by atoms with Crippen LogP contribution in [0.15, 0.2) is 36.5 Å². The maximum Gasteiger partial charge on any atom is 0.410 e. The summed E-state index contributed by atoms with van der Waals surface area (Å²) in [6.07, 6.45) is 2.00. The van der Waals surface area contributed by atoms with Crippen molar-refractivity contribution in [2.24, 2.45) is 5.41 Å². The molecule has 3 rings (SSSR count). The Hall–Kier alpha value is -2.63. The summed E-state index contributed by atoms with van der Waals surface area (Å²) in [5, 5.41) is 10.9. The molecule has 1 fully saturated rings. The number of rotatable bonds is 3. The number of pyridine rings is 1. The van der Waals surface area contributed by atoms with E-state index in [2.05, 4.69) is 4.98 Å². The minimum atomic E-state index is -1.01. The topological polar surface area (TPSA) is 79.7 Å². The molecule has 0 bridgehead atoms. The van der Waals surface area contributed by atoms with E-state index < -0.39 is 23.1 Å². The van der Waals surface area contributed by atoms with Gasteiger partial charge in [-0.1, -0.05) is 18.2 Å². The third kappa shape index (κ3) is 3.64. The Balaban J connectivity index is 1.86. The monoisotopic (exact) mass is 356 g/mol. The Morgan fingerprint density at radius 1 is 1.27 bits per heavy atom. The largest absolute Gasteiger partial charge is 0.481 e. The van der Waals surface area contributed by atoms with Crippen LogP contribution in [0.1, 0.15) is 32.8 Å². The minimum Gasteiger partial charge on any atom is -0.481 e. The van der Waals surface area contributed by atoms with Gasteiger partial charge in [-0.2, -0.15) is 0 Å². The molecule has 0 saturated carbocycles. The van der Waals surface area contributed by atoms with Crippen molar-refractivity contribution in [1.29, 1.82) is 0 Å². The number of aromatic nitrogens is 1. The van der Waals surface area contributed by atoms with E-state index in [1.807, 2.05) is 30.3 Å². The van der Waals surface area contributed by atoms with Crippen molar-refractivity contribution in [3.8, 4) is 0 Å². The summed E-state index contributed by atoms with van der Waals surface area (Å²) in [4.78, 5) is 30.3. The average molecular weight is 356 g/mol. The molecular formula is C20H24N2O4. The van der Waals surface area contributed by atoms with Crippen LogP contribution in [0, 0.1) is 5.41 Å². The lowest BCUT2D eigenvalue weighted by Gasteiger charge is -2.27. The normalized spacial score (nSPS) is 20.3. The third-order valence-corrected chi connectivity index (χ3v) is 4.73. The summed E-state index contributed by atoms with van der Waals surface area (Å²) in [6, 6.07) is 9.55. The van der Waals surface area contributed by atoms with Crippen molar-refractivity contribution < 1.29 is 19.4 Å². The molecule has 1 atom stereocenters. The number of carbonyl (C=O) groups excluding carboxylic acids is 1. The van der Waals surface area contributed by atoms with E-state index in [0.717, 1.165) is 16.5 Å². The van der Waals surface area contributed by atoms with Crippen molar-refractivity contribution in [2.75, 3.05) is 13.1 Å². The SMILES string of the molecule is CC(C)(C)OC(=O)N1CCC(Cc2ccnc3ccccc23)(C(=O)O)C1. The zero-order valence-corrected chi connectivity index (χ0v) is 15.4. The molecule has 26 heavy (non-hydrogen) atoms. The number of hydrogen-bond acceptors (Lipinski definition) is 4. The lowest BCUT2D eigenvalue weighted by Crippen LogP contribution is -2.40. The molecular weight excluding hydrogens is 332 g/mol. The van der Waals surface area contributed by atoms with E-state index in [4.69, 9.17) is 4.74 Å². The van der Waals surface area contributed by atoms with Crippen molar-refractivity contribution in [1.82, 2.24) is 9.88 Å². The number of fused-ring (bicyclic) bond motifs is 1. The standard InChI is InChI=1S/C20H24N2O4/c1-19(2,3)26-18(25)22-11-9-20(13-22,17(23)24)12-14-8-10-21-16-7-5-4-6-15(14)16/h4-8,10H,9,11-13H2,1-3H3,(H,23,24). The summed E-state index contributed by atoms with van der Waals surface area (Å²) >= 11 is 0. The van der Waals surface area contributed by atoms with Gasteiger partial charge in [0.05, 0.1) is 10.9 Å². The highest BCUT2D eigenvalue weighted by Crippen LogP contribution is 2.36. The Kier molecular flexibility index (Phi) is 4.61. The molecule has 1 amide bonds. The first kappa shape index (κ1) is 18.2. The van der Waals surface area contributed by atoms with Gasteiger partial charge in [-0.05, 0) is 51.3 Å². The summed E-state index contributed by atoms with van der Waals surface area (Å²) in [6.45, 7) is 5.93. The Morgan fingerprint density at radius 3 is 2.69 bits per heavy atom. The van der Waals surface area contributed by atoms with Gasteiger partial charge in [0.15, 0.2) is 0 Å². The predicted octanol–water partition coefficient (Wildman–Crippen LogP) is 3.49. The molecule has 1 N–H and O–H groups in total. The van der Waals surface area contributed by atoms with E-state index in [1.54, 1.807) is 27.0 Å². The first-order chi connectivity index (χ1) is 12.2. The highest BCUT2D eigenvalue weighted by atomic mass is 16.6. The number of nitrogens with zero attached hydrogens (tertiary/aromatic N) is 2. The Labute approximate surface area is 152 Å². The fraction of sp³-hybridized carbons (Fsp3) is 0.450. The van der Waals surface area contributed by atoms with Crippen LogP contribution >= 0.6 is 0 Å². The van der Waals surface area contributed by atoms with Gasteiger partial charge in [-0.3, -0.25) is 9.78 Å². The smallest absolute Gasteiger partial charge is 0.410 e. The average Bonchev–Trinajstić information content (AvgIpc) is 2.99. The lowest BCUT2D eigenvalue weighted by atomic mass is 9.80. The van der Waals surface area contributed by atoms with Crippen LogP contribution < -0.4 is 0 Å². The molecule has 1 aromatic carbocycles. The second-order valence-electron chi connectivity index (χ2n) is 7.90. The van der Waals surface area contributed by atoms with Gasteiger partial charge in [0.1, 0.15) is 5.60 Å². The molecule has 138 valence electrons. The van der Waals surface area contributed by atoms with Crippen LogP contribution in [-0.4, -0.2) is 45.7 Å². The van der Waals surface area contributed by atoms with E-state index in [1.165, 1.54) is 4.90 Å². The quantitative estimate of drug-likeness (QED) is 0.911. The molecule has 0 radical (unpaired) electrons. The summed E-state index contributed by atoms with van der Waals surface area (Å²) in [5.41, 5.74) is 0.157. The summed E-state index contributed by atoms with van der Waals surface area (Å²) < 4.78 is 5.40. The van der Waals surface area contributed by atoms with Gasteiger partial charge < -0.3 is 14.7 Å². The van der Waals surface area contributed by atoms with Crippen LogP contribution in [0.3, 0.4) is 0 Å². The zero-order valence-electron chi connectivity index (χ0n) is 15.4. The maximum atomic E-state index is 12.3. The predicted molar refractivity (Wildman–Crippen MR) is 97.9 cm³/mol. The van der Waals surface area contributed by atoms with Crippen molar-refractivity contribution in [3.63, 3.8) is 0 Å². The zero-order chi connectivity index (χ0) is 18.9. The highest BCUT2D eigenvalue weighted by molar-refractivity contribution is 5.84. The first-order valence-corrected chi connectivity index (χ1v) is 8.74. The second kappa shape index (κ2) is 6.59. The Bertz CT molecular complexity index is 838. The van der Waals surface area contributed by atoms with Gasteiger partial charge >= 0.3 is 12.1 Å². The minimum absolute atomic E-state index is 0.147. The van der Waals surface area contributed by atoms with Crippen LogP contribution in [0.5, 0.6) is 0 Å². The van der Waals surface area contributed by atoms with E-state index in [-0.39, 0.29) is 6.54 Å². The summed E-state index contributed by atoms with van der Waals surface area (Å²) in [5.74, 6) is -0.885. The molecule has 2 heterocycles. The molecule has 1 aliphatic rings. The fourth-order valence-corrected chi connectivity index (χ4v) is 3.42. The number of hydrogen-bond donors (Lipinski definition) is 1. The number of aliphatic carboxylic acids is 1. The number of para-hydroxylation sites is 1. The van der Waals surface area contributed by atoms with Gasteiger partial charge in [-0.15, -0.1) is 0 Å². The van der Waals surface area contributed by atoms with Gasteiger partial charge in [0, 0.05) is 24.7 Å². The molecule has 1 aromatic heterocycles. The molecule has 0 aliphatic carbocycles. The maximum absolute atomic E-state index is 12.3. The van der Waals surface area contributed by atoms with Crippen LogP contribution in [0.4, 0.5) is 4.79 Å². The Morgan fingerprint density at radius 2 is 2.00 bits per heavy atom. The first-order valence-electron chi connectivity index (χ1n) is 8.74.